The molecule has 0 aliphatic carbocycles. The number of pyridine rings is 1. The number of rotatable bonds is 5. The molecule has 26 heavy (non-hydrogen) atoms. The molecule has 2 fully saturated rings. The molecular weight excluding hydrogens is 333 g/mol. The number of nitrogens with one attached hydrogen (secondary N) is 1. The number of carbonyl (C=O) groups excluding carboxylic acids is 1. The van der Waals surface area contributed by atoms with Crippen molar-refractivity contribution in [2.45, 2.75) is 6.54 Å². The van der Waals surface area contributed by atoms with Crippen LogP contribution in [0.2, 0.25) is 0 Å². The quantitative estimate of drug-likeness (QED) is 0.892. The van der Waals surface area contributed by atoms with Gasteiger partial charge >= 0.3 is 0 Å². The molecule has 2 aromatic rings. The standard InChI is InChI=1S/C20H22FN3O2/c21-18-6-2-1-4-16(18)9-24-10-17-11-26-14-20(17,13-24)12-23-19(25)15-5-3-7-22-8-15/h1-8,17H,9-14H2,(H,23,25)/t17-,20+/m0/s1. The third kappa shape index (κ3) is 3.34. The number of likely N-dealkylation sites (tertiary alicyclic amines) is 1. The number of nitrogens with zero attached hydrogens (tertiary/aromatic N) is 2. The average Bonchev–Trinajstić information content (AvgIpc) is 3.19. The average molecular weight is 355 g/mol. The first-order chi connectivity index (χ1) is 12.7. The number of hydrogen-bond donors (Lipinski definition) is 1. The van der Waals surface area contributed by atoms with E-state index in [1.165, 1.54) is 6.07 Å². The second kappa shape index (κ2) is 7.13. The Morgan fingerprint density at radius 2 is 2.23 bits per heavy atom. The molecule has 2 aliphatic heterocycles. The van der Waals surface area contributed by atoms with Crippen molar-refractivity contribution in [2.24, 2.45) is 11.3 Å². The van der Waals surface area contributed by atoms with E-state index in [-0.39, 0.29) is 17.1 Å². The van der Waals surface area contributed by atoms with Crippen LogP contribution in [0.3, 0.4) is 0 Å². The van der Waals surface area contributed by atoms with Crippen LogP contribution in [0.5, 0.6) is 0 Å². The first-order valence-electron chi connectivity index (χ1n) is 8.88. The van der Waals surface area contributed by atoms with E-state index < -0.39 is 0 Å². The molecule has 1 aromatic heterocycles. The minimum absolute atomic E-state index is 0.108. The van der Waals surface area contributed by atoms with E-state index in [2.05, 4.69) is 15.2 Å². The fourth-order valence-electron chi connectivity index (χ4n) is 4.04. The van der Waals surface area contributed by atoms with Crippen LogP contribution < -0.4 is 5.32 Å². The Labute approximate surface area is 152 Å². The molecule has 136 valence electrons. The molecule has 1 aromatic carbocycles. The molecule has 0 unspecified atom stereocenters. The largest absolute Gasteiger partial charge is 0.380 e. The molecule has 1 amide bonds. The highest BCUT2D eigenvalue weighted by Crippen LogP contribution is 2.41. The zero-order chi connectivity index (χ0) is 18.0. The summed E-state index contributed by atoms with van der Waals surface area (Å²) in [5, 5.41) is 3.04. The second-order valence-corrected chi connectivity index (χ2v) is 7.26. The van der Waals surface area contributed by atoms with Crippen LogP contribution in [0.25, 0.3) is 0 Å². The van der Waals surface area contributed by atoms with E-state index >= 15 is 0 Å². The molecule has 0 radical (unpaired) electrons. The van der Waals surface area contributed by atoms with Gasteiger partial charge in [-0.3, -0.25) is 14.7 Å². The topological polar surface area (TPSA) is 54.5 Å². The molecule has 2 saturated heterocycles. The van der Waals surface area contributed by atoms with Crippen LogP contribution in [-0.4, -0.2) is 48.6 Å². The van der Waals surface area contributed by atoms with Crippen molar-refractivity contribution in [3.05, 3.63) is 65.7 Å². The lowest BCUT2D eigenvalue weighted by molar-refractivity contribution is 0.0903. The number of benzene rings is 1. The zero-order valence-corrected chi connectivity index (χ0v) is 14.5. The van der Waals surface area contributed by atoms with Crippen LogP contribution in [0.1, 0.15) is 15.9 Å². The molecule has 2 atom stereocenters. The maximum Gasteiger partial charge on any atom is 0.252 e. The highest BCUT2D eigenvalue weighted by atomic mass is 19.1. The van der Waals surface area contributed by atoms with Crippen molar-refractivity contribution in [1.29, 1.82) is 0 Å². The van der Waals surface area contributed by atoms with Crippen LogP contribution in [0.15, 0.2) is 48.8 Å². The molecule has 1 N–H and O–H groups in total. The van der Waals surface area contributed by atoms with Gasteiger partial charge in [0.1, 0.15) is 5.82 Å². The van der Waals surface area contributed by atoms with E-state index in [4.69, 9.17) is 4.74 Å². The molecular formula is C20H22FN3O2. The summed E-state index contributed by atoms with van der Waals surface area (Å²) in [7, 11) is 0. The highest BCUT2D eigenvalue weighted by molar-refractivity contribution is 5.93. The van der Waals surface area contributed by atoms with E-state index in [0.29, 0.717) is 43.3 Å². The van der Waals surface area contributed by atoms with E-state index in [0.717, 1.165) is 13.1 Å². The van der Waals surface area contributed by atoms with Crippen LogP contribution in [0.4, 0.5) is 4.39 Å². The lowest BCUT2D eigenvalue weighted by atomic mass is 9.81. The van der Waals surface area contributed by atoms with Gasteiger partial charge in [-0.1, -0.05) is 18.2 Å². The molecule has 5 nitrogen and oxygen atoms in total. The van der Waals surface area contributed by atoms with Gasteiger partial charge in [0.15, 0.2) is 0 Å². The Balaban J connectivity index is 1.42. The number of aromatic nitrogens is 1. The fraction of sp³-hybridized carbons (Fsp3) is 0.400. The van der Waals surface area contributed by atoms with Crippen LogP contribution in [0, 0.1) is 17.2 Å². The number of carbonyl (C=O) groups is 1. The van der Waals surface area contributed by atoms with Gasteiger partial charge < -0.3 is 10.1 Å². The molecule has 6 heteroatoms. The van der Waals surface area contributed by atoms with Gasteiger partial charge in [0.25, 0.3) is 5.91 Å². The first-order valence-corrected chi connectivity index (χ1v) is 8.88. The van der Waals surface area contributed by atoms with Crippen molar-refractivity contribution in [3.8, 4) is 0 Å². The Morgan fingerprint density at radius 1 is 1.35 bits per heavy atom. The van der Waals surface area contributed by atoms with Crippen molar-refractivity contribution in [1.82, 2.24) is 15.2 Å². The number of halogens is 1. The summed E-state index contributed by atoms with van der Waals surface area (Å²) in [4.78, 5) is 18.6. The van der Waals surface area contributed by atoms with Gasteiger partial charge in [0.2, 0.25) is 0 Å². The van der Waals surface area contributed by atoms with Crippen molar-refractivity contribution in [3.63, 3.8) is 0 Å². The van der Waals surface area contributed by atoms with Gasteiger partial charge in [-0.05, 0) is 18.2 Å². The fourth-order valence-corrected chi connectivity index (χ4v) is 4.04. The SMILES string of the molecule is O=C(NC[C@@]12COC[C@@H]1CN(Cc1ccccc1F)C2)c1cccnc1. The van der Waals surface area contributed by atoms with Gasteiger partial charge in [-0.2, -0.15) is 0 Å². The summed E-state index contributed by atoms with van der Waals surface area (Å²) in [5.74, 6) is 0.0638. The molecule has 0 saturated carbocycles. The van der Waals surface area contributed by atoms with Gasteiger partial charge in [0, 0.05) is 55.5 Å². The minimum Gasteiger partial charge on any atom is -0.380 e. The van der Waals surface area contributed by atoms with Gasteiger partial charge in [0.05, 0.1) is 18.8 Å². The lowest BCUT2D eigenvalue weighted by Gasteiger charge is -2.27. The Kier molecular flexibility index (Phi) is 4.70. The molecule has 4 rings (SSSR count). The Morgan fingerprint density at radius 3 is 3.04 bits per heavy atom. The predicted octanol–water partition coefficient (Wildman–Crippen LogP) is 2.10. The smallest absolute Gasteiger partial charge is 0.252 e. The highest BCUT2D eigenvalue weighted by Gasteiger charge is 2.50. The minimum atomic E-state index is -0.167. The van der Waals surface area contributed by atoms with Crippen molar-refractivity contribution < 1.29 is 13.9 Å². The Hall–Kier alpha value is -2.31. The summed E-state index contributed by atoms with van der Waals surface area (Å²) in [6.07, 6.45) is 3.21. The summed E-state index contributed by atoms with van der Waals surface area (Å²) in [5.41, 5.74) is 1.16. The molecule has 0 spiro atoms. The van der Waals surface area contributed by atoms with Crippen molar-refractivity contribution in [2.75, 3.05) is 32.8 Å². The number of fused-ring (bicyclic) bond motifs is 1. The summed E-state index contributed by atoms with van der Waals surface area (Å²) >= 11 is 0. The molecule has 0 bridgehead atoms. The van der Waals surface area contributed by atoms with E-state index in [1.807, 2.05) is 12.1 Å². The van der Waals surface area contributed by atoms with Crippen LogP contribution in [-0.2, 0) is 11.3 Å². The monoisotopic (exact) mass is 355 g/mol. The predicted molar refractivity (Wildman–Crippen MR) is 95.0 cm³/mol. The van der Waals surface area contributed by atoms with Crippen molar-refractivity contribution >= 4 is 5.91 Å². The van der Waals surface area contributed by atoms with E-state index in [9.17, 15) is 9.18 Å². The summed E-state index contributed by atoms with van der Waals surface area (Å²) < 4.78 is 19.7. The molecule has 2 aliphatic rings. The molecule has 3 heterocycles. The normalized spacial score (nSPS) is 25.2. The van der Waals surface area contributed by atoms with Crippen LogP contribution >= 0.6 is 0 Å². The number of ether oxygens (including phenoxy) is 1. The number of hydrogen-bond acceptors (Lipinski definition) is 4. The van der Waals surface area contributed by atoms with Gasteiger partial charge in [-0.15, -0.1) is 0 Å². The third-order valence-electron chi connectivity index (χ3n) is 5.47. The maximum absolute atomic E-state index is 14.0. The Bertz CT molecular complexity index is 786. The number of amides is 1. The van der Waals surface area contributed by atoms with E-state index in [1.54, 1.807) is 30.6 Å². The zero-order valence-electron chi connectivity index (χ0n) is 14.5. The first kappa shape index (κ1) is 17.1. The van der Waals surface area contributed by atoms with Gasteiger partial charge in [-0.25, -0.2) is 4.39 Å². The third-order valence-corrected chi connectivity index (χ3v) is 5.47. The lowest BCUT2D eigenvalue weighted by Crippen LogP contribution is -2.43. The summed E-state index contributed by atoms with van der Waals surface area (Å²) in [6, 6.07) is 10.4. The maximum atomic E-state index is 14.0. The second-order valence-electron chi connectivity index (χ2n) is 7.26. The summed E-state index contributed by atoms with van der Waals surface area (Å²) in [6.45, 7) is 4.10.